The molecule has 0 radical (unpaired) electrons. The molecular formula is C31H22Br4Cl2O4. The van der Waals surface area contributed by atoms with Crippen LogP contribution in [0.3, 0.4) is 0 Å². The molecule has 4 aromatic rings. The molecule has 4 aromatic carbocycles. The Hall–Kier alpha value is -1.68. The van der Waals surface area contributed by atoms with Gasteiger partial charge in [-0.15, -0.1) is 23.2 Å². The van der Waals surface area contributed by atoms with Gasteiger partial charge < -0.3 is 10.2 Å². The largest absolute Gasteiger partial charge is 0.478 e. The van der Waals surface area contributed by atoms with Crippen LogP contribution in [0.15, 0.2) is 80.1 Å². The highest BCUT2D eigenvalue weighted by Crippen LogP contribution is 2.45. The van der Waals surface area contributed by atoms with Crippen molar-refractivity contribution in [3.63, 3.8) is 0 Å². The summed E-state index contributed by atoms with van der Waals surface area (Å²) in [5.74, 6) is -1.92. The van der Waals surface area contributed by atoms with Crippen LogP contribution < -0.4 is 0 Å². The van der Waals surface area contributed by atoms with Crippen molar-refractivity contribution in [2.24, 2.45) is 0 Å². The fourth-order valence-corrected chi connectivity index (χ4v) is 8.32. The van der Waals surface area contributed by atoms with Crippen LogP contribution >= 0.6 is 86.9 Å². The van der Waals surface area contributed by atoms with Gasteiger partial charge >= 0.3 is 11.9 Å². The quantitative estimate of drug-likeness (QED) is 0.165. The normalized spacial score (nSPS) is 12.7. The van der Waals surface area contributed by atoms with Gasteiger partial charge in [0.15, 0.2) is 0 Å². The summed E-state index contributed by atoms with van der Waals surface area (Å²) in [6.07, 6.45) is 0. The predicted octanol–water partition coefficient (Wildman–Crippen LogP) is 10.9. The van der Waals surface area contributed by atoms with E-state index < -0.39 is 17.4 Å². The Morgan fingerprint density at radius 3 is 1.66 bits per heavy atom. The van der Waals surface area contributed by atoms with Crippen molar-refractivity contribution < 1.29 is 19.8 Å². The summed E-state index contributed by atoms with van der Waals surface area (Å²) in [7, 11) is 0. The lowest BCUT2D eigenvalue weighted by Gasteiger charge is -2.31. The van der Waals surface area contributed by atoms with E-state index in [-0.39, 0.29) is 22.9 Å². The number of carboxylic acid groups (broad SMARTS) is 2. The molecule has 0 bridgehead atoms. The molecule has 0 saturated heterocycles. The summed E-state index contributed by atoms with van der Waals surface area (Å²) in [5, 5.41) is 19.9. The standard InChI is InChI=1S/C31H22Br4Cl2O4/c1-31(15-32,16-8-9-19(25(33)10-16)18-4-2-6-21(29(38)39)23(18)13-36)17-11-26(34)28(27(35)12-17)20-5-3-7-22(30(40)41)24(20)14-37/h2-12H,13-15H2,1H3,(H,38,39)(H,40,41). The Morgan fingerprint density at radius 2 is 1.20 bits per heavy atom. The van der Waals surface area contributed by atoms with Gasteiger partial charge in [0.1, 0.15) is 0 Å². The van der Waals surface area contributed by atoms with E-state index in [1.54, 1.807) is 24.3 Å². The van der Waals surface area contributed by atoms with Gasteiger partial charge in [-0.2, -0.15) is 0 Å². The molecule has 41 heavy (non-hydrogen) atoms. The van der Waals surface area contributed by atoms with Crippen LogP contribution in [0.1, 0.15) is 49.9 Å². The van der Waals surface area contributed by atoms with E-state index in [4.69, 9.17) is 23.2 Å². The van der Waals surface area contributed by atoms with E-state index in [0.29, 0.717) is 16.5 Å². The second-order valence-electron chi connectivity index (χ2n) is 9.52. The molecule has 2 N–H and O–H groups in total. The maximum Gasteiger partial charge on any atom is 0.336 e. The average molecular weight is 849 g/mol. The van der Waals surface area contributed by atoms with Crippen LogP contribution in [0.2, 0.25) is 0 Å². The molecule has 0 aromatic heterocycles. The molecule has 0 amide bonds. The number of hydrogen-bond acceptors (Lipinski definition) is 2. The Labute approximate surface area is 281 Å². The molecule has 0 heterocycles. The number of carboxylic acids is 2. The van der Waals surface area contributed by atoms with Crippen LogP contribution in [0.5, 0.6) is 0 Å². The number of alkyl halides is 3. The molecule has 0 spiro atoms. The number of halogens is 6. The molecule has 212 valence electrons. The minimum atomic E-state index is -1.03. The van der Waals surface area contributed by atoms with Crippen molar-refractivity contribution in [2.75, 3.05) is 5.33 Å². The first-order valence-electron chi connectivity index (χ1n) is 12.2. The van der Waals surface area contributed by atoms with Gasteiger partial charge in [-0.05, 0) is 69.3 Å². The molecule has 1 unspecified atom stereocenters. The van der Waals surface area contributed by atoms with Crippen molar-refractivity contribution in [3.05, 3.63) is 114 Å². The zero-order chi connectivity index (χ0) is 30.1. The first kappa shape index (κ1) is 32.2. The SMILES string of the molecule is CC(CBr)(c1ccc(-c2cccc(C(=O)O)c2CCl)c(Br)c1)c1cc(Br)c(-c2cccc(C(=O)O)c2CCl)c(Br)c1. The average Bonchev–Trinajstić information content (AvgIpc) is 2.95. The van der Waals surface area contributed by atoms with Gasteiger partial charge in [0.25, 0.3) is 0 Å². The predicted molar refractivity (Wildman–Crippen MR) is 180 cm³/mol. The van der Waals surface area contributed by atoms with E-state index >= 15 is 0 Å². The Kier molecular flexibility index (Phi) is 10.5. The molecule has 0 saturated carbocycles. The summed E-state index contributed by atoms with van der Waals surface area (Å²) < 4.78 is 2.38. The van der Waals surface area contributed by atoms with E-state index in [2.05, 4.69) is 70.6 Å². The van der Waals surface area contributed by atoms with Crippen molar-refractivity contribution in [1.82, 2.24) is 0 Å². The number of benzene rings is 4. The number of rotatable bonds is 9. The van der Waals surface area contributed by atoms with Crippen LogP contribution in [-0.2, 0) is 17.2 Å². The molecule has 0 aliphatic heterocycles. The third-order valence-electron chi connectivity index (χ3n) is 7.19. The highest BCUT2D eigenvalue weighted by molar-refractivity contribution is 9.11. The van der Waals surface area contributed by atoms with Crippen molar-refractivity contribution in [2.45, 2.75) is 24.1 Å². The van der Waals surface area contributed by atoms with Gasteiger partial charge in [0.05, 0.1) is 11.1 Å². The van der Waals surface area contributed by atoms with Gasteiger partial charge in [-0.3, -0.25) is 0 Å². The molecule has 0 fully saturated rings. The minimum absolute atomic E-state index is 0.0543. The summed E-state index contributed by atoms with van der Waals surface area (Å²) in [5.41, 5.74) is 6.15. The molecule has 4 rings (SSSR count). The lowest BCUT2D eigenvalue weighted by atomic mass is 9.77. The number of hydrogen-bond donors (Lipinski definition) is 2. The summed E-state index contributed by atoms with van der Waals surface area (Å²) in [6.45, 7) is 2.13. The van der Waals surface area contributed by atoms with Gasteiger partial charge in [-0.25, -0.2) is 9.59 Å². The fraction of sp³-hybridized carbons (Fsp3) is 0.161. The monoisotopic (exact) mass is 844 g/mol. The highest BCUT2D eigenvalue weighted by Gasteiger charge is 2.31. The van der Waals surface area contributed by atoms with Crippen LogP contribution in [0.25, 0.3) is 22.3 Å². The Bertz CT molecular complexity index is 1650. The molecule has 0 aliphatic carbocycles. The first-order valence-corrected chi connectivity index (χ1v) is 16.7. The highest BCUT2D eigenvalue weighted by atomic mass is 79.9. The van der Waals surface area contributed by atoms with Gasteiger partial charge in [-0.1, -0.05) is 107 Å². The third kappa shape index (κ3) is 6.20. The van der Waals surface area contributed by atoms with Crippen LogP contribution in [0.4, 0.5) is 0 Å². The number of aromatic carboxylic acids is 2. The molecule has 10 heteroatoms. The fourth-order valence-electron chi connectivity index (χ4n) is 4.90. The maximum absolute atomic E-state index is 11.8. The van der Waals surface area contributed by atoms with Crippen molar-refractivity contribution in [3.8, 4) is 22.3 Å². The molecule has 4 nitrogen and oxygen atoms in total. The van der Waals surface area contributed by atoms with Gasteiger partial charge in [0, 0.05) is 41.5 Å². The van der Waals surface area contributed by atoms with Crippen LogP contribution in [-0.4, -0.2) is 27.5 Å². The van der Waals surface area contributed by atoms with E-state index in [1.807, 2.05) is 42.5 Å². The lowest BCUT2D eigenvalue weighted by Crippen LogP contribution is -2.26. The molecular weight excluding hydrogens is 827 g/mol. The Morgan fingerprint density at radius 1 is 0.707 bits per heavy atom. The first-order chi connectivity index (χ1) is 19.5. The van der Waals surface area contributed by atoms with Gasteiger partial charge in [0.2, 0.25) is 0 Å². The summed E-state index contributed by atoms with van der Waals surface area (Å²) in [4.78, 5) is 23.6. The zero-order valence-corrected chi connectivity index (χ0v) is 29.3. The minimum Gasteiger partial charge on any atom is -0.478 e. The zero-order valence-electron chi connectivity index (χ0n) is 21.5. The lowest BCUT2D eigenvalue weighted by molar-refractivity contribution is 0.0685. The summed E-state index contributed by atoms with van der Waals surface area (Å²) in [6, 6.07) is 20.4. The van der Waals surface area contributed by atoms with E-state index in [1.165, 1.54) is 0 Å². The summed E-state index contributed by atoms with van der Waals surface area (Å²) >= 11 is 27.3. The maximum atomic E-state index is 11.8. The van der Waals surface area contributed by atoms with Crippen molar-refractivity contribution in [1.29, 1.82) is 0 Å². The molecule has 0 aliphatic rings. The molecule has 1 atom stereocenters. The number of carbonyl (C=O) groups is 2. The van der Waals surface area contributed by atoms with E-state index in [0.717, 1.165) is 46.8 Å². The van der Waals surface area contributed by atoms with E-state index in [9.17, 15) is 19.8 Å². The second-order valence-corrected chi connectivity index (χ2v) is 13.2. The Balaban J connectivity index is 1.82. The van der Waals surface area contributed by atoms with Crippen LogP contribution in [0, 0.1) is 0 Å². The second kappa shape index (κ2) is 13.3. The third-order valence-corrected chi connectivity index (χ3v) is 10.8. The van der Waals surface area contributed by atoms with Crippen molar-refractivity contribution >= 4 is 98.9 Å². The smallest absolute Gasteiger partial charge is 0.336 e. The topological polar surface area (TPSA) is 74.6 Å².